The molecule has 14 nitrogen and oxygen atoms in total. The van der Waals surface area contributed by atoms with Crippen LogP contribution in [0, 0.1) is 11.8 Å². The van der Waals surface area contributed by atoms with E-state index in [1.807, 2.05) is 18.7 Å². The van der Waals surface area contributed by atoms with E-state index >= 15 is 0 Å². The molecule has 4 aliphatic rings. The third kappa shape index (κ3) is 13.5. The summed E-state index contributed by atoms with van der Waals surface area (Å²) in [5.41, 5.74) is -0.560. The van der Waals surface area contributed by atoms with Crippen LogP contribution in [0.1, 0.15) is 76.3 Å². The van der Waals surface area contributed by atoms with E-state index in [2.05, 4.69) is 35.3 Å². The van der Waals surface area contributed by atoms with Gasteiger partial charge in [0.05, 0.1) is 11.1 Å². The number of nitrogens with zero attached hydrogens (tertiary/aromatic N) is 10. The van der Waals surface area contributed by atoms with Crippen molar-refractivity contribution in [3.05, 3.63) is 102 Å². The van der Waals surface area contributed by atoms with Crippen LogP contribution in [-0.2, 0) is 21.9 Å². The Morgan fingerprint density at radius 2 is 0.987 bits per heavy atom. The molecule has 10 rings (SSSR count). The lowest BCUT2D eigenvalue weighted by Crippen LogP contribution is -2.55. The van der Waals surface area contributed by atoms with Crippen molar-refractivity contribution in [3.63, 3.8) is 0 Å². The molecule has 4 fully saturated rings. The number of aromatic nitrogens is 6. The zero-order valence-electron chi connectivity index (χ0n) is 42.2. The number of pyridine rings is 2. The molecule has 0 bridgehead atoms. The van der Waals surface area contributed by atoms with Gasteiger partial charge >= 0.3 is 19.5 Å². The highest BCUT2D eigenvalue weighted by atomic mass is 35.5. The van der Waals surface area contributed by atoms with Crippen molar-refractivity contribution in [2.75, 3.05) is 49.1 Å². The number of fused-ring (bicyclic) bond motifs is 2. The van der Waals surface area contributed by atoms with Gasteiger partial charge in [-0.3, -0.25) is 19.6 Å². The topological polar surface area (TPSA) is 165 Å². The van der Waals surface area contributed by atoms with Gasteiger partial charge in [-0.25, -0.2) is 17.6 Å². The van der Waals surface area contributed by atoms with Gasteiger partial charge in [0.1, 0.15) is 5.69 Å². The van der Waals surface area contributed by atoms with Crippen molar-refractivity contribution in [2.24, 2.45) is 11.8 Å². The van der Waals surface area contributed by atoms with Gasteiger partial charge in [-0.2, -0.15) is 26.3 Å². The predicted molar refractivity (Wildman–Crippen MR) is 272 cm³/mol. The van der Waals surface area contributed by atoms with Crippen LogP contribution in [-0.4, -0.2) is 132 Å². The maximum atomic E-state index is 13.5. The van der Waals surface area contributed by atoms with Crippen LogP contribution >= 0.6 is 11.6 Å². The number of carbonyl (C=O) groups is 2. The van der Waals surface area contributed by atoms with E-state index in [9.17, 15) is 53.5 Å². The van der Waals surface area contributed by atoms with Crippen molar-refractivity contribution < 1.29 is 63.5 Å². The van der Waals surface area contributed by atoms with Crippen LogP contribution in [0.3, 0.4) is 0 Å². The van der Waals surface area contributed by atoms with E-state index in [4.69, 9.17) is 21.6 Å². The first kappa shape index (κ1) is 57.7. The van der Waals surface area contributed by atoms with E-state index < -0.39 is 42.4 Å². The zero-order chi connectivity index (χ0) is 56.3. The lowest BCUT2D eigenvalue weighted by molar-refractivity contribution is -0.141. The Hall–Kier alpha value is -6.47. The molecular weight excluding hydrogens is 1060 g/mol. The van der Waals surface area contributed by atoms with Gasteiger partial charge in [0, 0.05) is 141 Å². The van der Waals surface area contributed by atoms with Crippen molar-refractivity contribution in [1.29, 1.82) is 0 Å². The largest absolute Gasteiger partial charge is 0.488 e. The molecule has 6 heterocycles. The molecule has 0 spiro atoms. The summed E-state index contributed by atoms with van der Waals surface area (Å²) >= 11 is 6.15. The zero-order valence-corrected chi connectivity index (χ0v) is 43.0. The average molecular weight is 1120 g/mol. The molecule has 0 unspecified atom stereocenters. The SMILES string of the molecule is C[C@@H]1CN(C(=O)C2CCC(F)(F)CC2)CCN1c1nnc(-c2ccc(C(F)(F)F)cc2)c2ccncc12.C[C@@H]1CN(C(=O)C2CCC(F)(F)CC2)CCN1c1nnc(Cl)c2ccncc12.OB(O)c1ccc(C(F)(F)F)cc1. The molecule has 2 amide bonds. The summed E-state index contributed by atoms with van der Waals surface area (Å²) in [6.45, 7) is 6.97. The number of anilines is 2. The fraction of sp³-hybridized carbons (Fsp3) is 0.462. The molecule has 2 saturated heterocycles. The first-order valence-corrected chi connectivity index (χ1v) is 25.6. The molecule has 2 N–H and O–H groups in total. The van der Waals surface area contributed by atoms with Crippen LogP contribution in [0.2, 0.25) is 5.15 Å². The fourth-order valence-corrected chi connectivity index (χ4v) is 10.5. The normalized spacial score (nSPS) is 20.1. The Morgan fingerprint density at radius 3 is 1.41 bits per heavy atom. The first-order chi connectivity index (χ1) is 36.8. The van der Waals surface area contributed by atoms with Gasteiger partial charge in [-0.15, -0.1) is 20.4 Å². The number of halogens is 11. The molecule has 2 aliphatic heterocycles. The second-order valence-corrected chi connectivity index (χ2v) is 20.4. The van der Waals surface area contributed by atoms with E-state index in [0.717, 1.165) is 47.2 Å². The molecule has 6 aromatic rings. The van der Waals surface area contributed by atoms with Crippen LogP contribution in [0.15, 0.2) is 85.5 Å². The number of hydrogen-bond donors (Lipinski definition) is 2. The second-order valence-electron chi connectivity index (χ2n) is 20.0. The van der Waals surface area contributed by atoms with Crippen molar-refractivity contribution in [3.8, 4) is 11.3 Å². The van der Waals surface area contributed by atoms with Crippen molar-refractivity contribution in [1.82, 2.24) is 40.2 Å². The average Bonchev–Trinajstić information content (AvgIpc) is 3.45. The minimum Gasteiger partial charge on any atom is -0.423 e. The molecule has 4 aromatic heterocycles. The van der Waals surface area contributed by atoms with Gasteiger partial charge in [0.15, 0.2) is 16.8 Å². The van der Waals surface area contributed by atoms with E-state index in [1.165, 1.54) is 12.1 Å². The molecular formula is C52H54BClF10N10O4. The molecule has 2 saturated carbocycles. The predicted octanol–water partition coefficient (Wildman–Crippen LogP) is 9.50. The Bertz CT molecular complexity index is 3050. The van der Waals surface area contributed by atoms with Crippen LogP contribution in [0.5, 0.6) is 0 Å². The molecule has 2 atom stereocenters. The number of alkyl halides is 10. The van der Waals surface area contributed by atoms with E-state index in [-0.39, 0.29) is 92.6 Å². The van der Waals surface area contributed by atoms with Gasteiger partial charge in [-0.1, -0.05) is 48.0 Å². The van der Waals surface area contributed by atoms with Crippen molar-refractivity contribution in [2.45, 2.75) is 101 Å². The van der Waals surface area contributed by atoms with Gasteiger partial charge in [-0.05, 0) is 69.3 Å². The number of benzene rings is 2. The Kier molecular flexibility index (Phi) is 17.4. The minimum absolute atomic E-state index is 0.00397. The third-order valence-electron chi connectivity index (χ3n) is 14.7. The fourth-order valence-electron chi connectivity index (χ4n) is 10.3. The quantitative estimate of drug-likeness (QED) is 0.120. The Balaban J connectivity index is 0.000000172. The number of piperazine rings is 2. The van der Waals surface area contributed by atoms with Gasteiger partial charge in [0.2, 0.25) is 23.7 Å². The summed E-state index contributed by atoms with van der Waals surface area (Å²) in [5, 5.41) is 37.7. The highest BCUT2D eigenvalue weighted by Crippen LogP contribution is 2.40. The number of rotatable bonds is 6. The Labute approximate surface area is 446 Å². The lowest BCUT2D eigenvalue weighted by Gasteiger charge is -2.42. The number of carbonyl (C=O) groups excluding carboxylic acids is 2. The number of hydrogen-bond acceptors (Lipinski definition) is 12. The van der Waals surface area contributed by atoms with E-state index in [1.54, 1.807) is 46.7 Å². The lowest BCUT2D eigenvalue weighted by atomic mass is 9.80. The maximum absolute atomic E-state index is 13.5. The molecule has 26 heteroatoms. The summed E-state index contributed by atoms with van der Waals surface area (Å²) in [5.74, 6) is -4.76. The summed E-state index contributed by atoms with van der Waals surface area (Å²) < 4.78 is 129. The van der Waals surface area contributed by atoms with Crippen LogP contribution < -0.4 is 15.3 Å². The van der Waals surface area contributed by atoms with Crippen molar-refractivity contribution >= 4 is 69.2 Å². The molecule has 416 valence electrons. The minimum atomic E-state index is -4.43. The highest BCUT2D eigenvalue weighted by Gasteiger charge is 2.42. The summed E-state index contributed by atoms with van der Waals surface area (Å²) in [4.78, 5) is 41.9. The summed E-state index contributed by atoms with van der Waals surface area (Å²) in [6, 6.07) is 11.9. The number of amides is 2. The van der Waals surface area contributed by atoms with E-state index in [0.29, 0.717) is 78.1 Å². The summed E-state index contributed by atoms with van der Waals surface area (Å²) in [7, 11) is -1.73. The first-order valence-electron chi connectivity index (χ1n) is 25.2. The highest BCUT2D eigenvalue weighted by molar-refractivity contribution is 6.58. The third-order valence-corrected chi connectivity index (χ3v) is 14.9. The second kappa shape index (κ2) is 23.5. The molecule has 0 radical (unpaired) electrons. The Morgan fingerprint density at radius 1 is 0.577 bits per heavy atom. The smallest absolute Gasteiger partial charge is 0.423 e. The van der Waals surface area contributed by atoms with Crippen LogP contribution in [0.25, 0.3) is 32.8 Å². The molecule has 78 heavy (non-hydrogen) atoms. The monoisotopic (exact) mass is 1120 g/mol. The van der Waals surface area contributed by atoms with Crippen LogP contribution in [0.4, 0.5) is 55.5 Å². The molecule has 2 aliphatic carbocycles. The van der Waals surface area contributed by atoms with Gasteiger partial charge in [0.25, 0.3) is 0 Å². The standard InChI is InChI=1S/C26H26F5N5O.C19H22ClF2N5O.C7H6BF3O2/c1-16-15-35(24(37)18-6-9-25(27,28)10-7-18)12-13-36(16)23-21-14-32-11-8-20(21)22(33-34-23)17-2-4-19(5-3-17)26(29,30)31;1-12-11-26(18(28)13-2-5-19(21,22)6-3-13)8-9-27(12)17-15-10-23-7-4-14(15)16(20)24-25-17;9-7(10,11)5-1-3-6(4-2-5)8(12)13/h2-5,8,11,14,16,18H,6-7,9-10,12-13,15H2,1H3;4,7,10,12-13H,2-3,5-6,8-9,11H2,1H3;1-4,12-13H/t16-;12-;/m11./s1. The summed E-state index contributed by atoms with van der Waals surface area (Å²) in [6.07, 6.45) is -2.16. The maximum Gasteiger partial charge on any atom is 0.488 e. The molecule has 2 aromatic carbocycles. The van der Waals surface area contributed by atoms with Gasteiger partial charge < -0.3 is 29.6 Å².